The SMILES string of the molecule is CS(=O)(=O)c1cc(Br)ccc1Cl. The number of hydrogen-bond acceptors (Lipinski definition) is 2. The van der Waals surface area contributed by atoms with Crippen molar-refractivity contribution in [3.8, 4) is 0 Å². The number of rotatable bonds is 1. The Labute approximate surface area is 84.6 Å². The minimum atomic E-state index is -3.22. The lowest BCUT2D eigenvalue weighted by Crippen LogP contribution is -1.97. The Morgan fingerprint density at radius 3 is 2.42 bits per heavy atom. The van der Waals surface area contributed by atoms with Crippen LogP contribution in [-0.2, 0) is 9.84 Å². The van der Waals surface area contributed by atoms with Crippen LogP contribution in [0.25, 0.3) is 0 Å². The van der Waals surface area contributed by atoms with Gasteiger partial charge in [-0.15, -0.1) is 0 Å². The second-order valence-electron chi connectivity index (χ2n) is 2.35. The second-order valence-corrected chi connectivity index (χ2v) is 5.65. The lowest BCUT2D eigenvalue weighted by molar-refractivity contribution is 0.602. The third-order valence-electron chi connectivity index (χ3n) is 1.29. The van der Waals surface area contributed by atoms with Gasteiger partial charge in [0.25, 0.3) is 0 Å². The Kier molecular flexibility index (Phi) is 2.81. The van der Waals surface area contributed by atoms with E-state index in [4.69, 9.17) is 11.6 Å². The van der Waals surface area contributed by atoms with E-state index in [2.05, 4.69) is 15.9 Å². The lowest BCUT2D eigenvalue weighted by atomic mass is 10.4. The molecule has 0 amide bonds. The topological polar surface area (TPSA) is 34.1 Å². The molecule has 0 aliphatic heterocycles. The summed E-state index contributed by atoms with van der Waals surface area (Å²) in [7, 11) is -3.22. The molecule has 0 spiro atoms. The van der Waals surface area contributed by atoms with Crippen LogP contribution in [0, 0.1) is 0 Å². The average molecular weight is 270 g/mol. The number of halogens is 2. The van der Waals surface area contributed by atoms with Gasteiger partial charge < -0.3 is 0 Å². The Balaban J connectivity index is 3.43. The first-order valence-corrected chi connectivity index (χ1v) is 6.12. The molecule has 5 heteroatoms. The smallest absolute Gasteiger partial charge is 0.177 e. The molecule has 2 nitrogen and oxygen atoms in total. The summed E-state index contributed by atoms with van der Waals surface area (Å²) in [5, 5.41) is 0.251. The lowest BCUT2D eigenvalue weighted by Gasteiger charge is -2.00. The first-order chi connectivity index (χ1) is 5.41. The van der Waals surface area contributed by atoms with Crippen molar-refractivity contribution in [1.29, 1.82) is 0 Å². The van der Waals surface area contributed by atoms with Crippen molar-refractivity contribution in [1.82, 2.24) is 0 Å². The molecule has 66 valence electrons. The van der Waals surface area contributed by atoms with Crippen LogP contribution in [0.4, 0.5) is 0 Å². The highest BCUT2D eigenvalue weighted by molar-refractivity contribution is 9.10. The first-order valence-electron chi connectivity index (χ1n) is 3.06. The summed E-state index contributed by atoms with van der Waals surface area (Å²) in [6.45, 7) is 0. The van der Waals surface area contributed by atoms with Gasteiger partial charge in [0, 0.05) is 10.7 Å². The maximum atomic E-state index is 11.1. The molecule has 12 heavy (non-hydrogen) atoms. The predicted molar refractivity (Wildman–Crippen MR) is 52.3 cm³/mol. The highest BCUT2D eigenvalue weighted by atomic mass is 79.9. The quantitative estimate of drug-likeness (QED) is 0.785. The number of benzene rings is 1. The van der Waals surface area contributed by atoms with Gasteiger partial charge >= 0.3 is 0 Å². The van der Waals surface area contributed by atoms with Crippen molar-refractivity contribution in [3.63, 3.8) is 0 Å². The van der Waals surface area contributed by atoms with Gasteiger partial charge in [0.15, 0.2) is 9.84 Å². The van der Waals surface area contributed by atoms with E-state index in [0.29, 0.717) is 4.47 Å². The third-order valence-corrected chi connectivity index (χ3v) is 3.36. The largest absolute Gasteiger partial charge is 0.224 e. The second kappa shape index (κ2) is 3.36. The van der Waals surface area contributed by atoms with Crippen LogP contribution in [0.3, 0.4) is 0 Å². The molecular formula is C7H6BrClO2S. The Morgan fingerprint density at radius 2 is 2.00 bits per heavy atom. The summed E-state index contributed by atoms with van der Waals surface area (Å²) in [5.41, 5.74) is 0. The molecule has 0 aliphatic carbocycles. The molecule has 1 rings (SSSR count). The van der Waals surface area contributed by atoms with Crippen molar-refractivity contribution < 1.29 is 8.42 Å². The van der Waals surface area contributed by atoms with E-state index < -0.39 is 9.84 Å². The number of hydrogen-bond donors (Lipinski definition) is 0. The molecule has 0 atom stereocenters. The maximum absolute atomic E-state index is 11.1. The Bertz CT molecular complexity index is 400. The van der Waals surface area contributed by atoms with E-state index in [0.717, 1.165) is 6.26 Å². The molecule has 1 aromatic rings. The van der Waals surface area contributed by atoms with Gasteiger partial charge in [-0.2, -0.15) is 0 Å². The molecular weight excluding hydrogens is 263 g/mol. The zero-order valence-corrected chi connectivity index (χ0v) is 9.37. The van der Waals surface area contributed by atoms with Crippen LogP contribution in [0.1, 0.15) is 0 Å². The van der Waals surface area contributed by atoms with Crippen LogP contribution >= 0.6 is 27.5 Å². The van der Waals surface area contributed by atoms with Crippen LogP contribution in [0.15, 0.2) is 27.6 Å². The molecule has 0 saturated heterocycles. The van der Waals surface area contributed by atoms with Crippen LogP contribution in [0.5, 0.6) is 0 Å². The van der Waals surface area contributed by atoms with Gasteiger partial charge in [0.05, 0.1) is 9.92 Å². The van der Waals surface area contributed by atoms with Crippen molar-refractivity contribution in [2.75, 3.05) is 6.26 Å². The molecule has 0 N–H and O–H groups in total. The monoisotopic (exact) mass is 268 g/mol. The zero-order valence-electron chi connectivity index (χ0n) is 6.21. The summed E-state index contributed by atoms with van der Waals surface area (Å²) >= 11 is 8.85. The van der Waals surface area contributed by atoms with E-state index >= 15 is 0 Å². The van der Waals surface area contributed by atoms with Gasteiger partial charge in [0.2, 0.25) is 0 Å². The van der Waals surface area contributed by atoms with E-state index in [-0.39, 0.29) is 9.92 Å². The zero-order chi connectivity index (χ0) is 9.35. The van der Waals surface area contributed by atoms with Gasteiger partial charge in [-0.3, -0.25) is 0 Å². The standard InChI is InChI=1S/C7H6BrClO2S/c1-12(10,11)7-4-5(8)2-3-6(7)9/h2-4H,1H3. The summed E-state index contributed by atoms with van der Waals surface area (Å²) in [4.78, 5) is 0.151. The summed E-state index contributed by atoms with van der Waals surface area (Å²) in [5.74, 6) is 0. The normalized spacial score (nSPS) is 11.6. The molecule has 1 aromatic carbocycles. The van der Waals surface area contributed by atoms with Crippen LogP contribution in [-0.4, -0.2) is 14.7 Å². The van der Waals surface area contributed by atoms with Crippen molar-refractivity contribution in [3.05, 3.63) is 27.7 Å². The highest BCUT2D eigenvalue weighted by Gasteiger charge is 2.11. The average Bonchev–Trinajstić information content (AvgIpc) is 1.92. The maximum Gasteiger partial charge on any atom is 0.177 e. The predicted octanol–water partition coefficient (Wildman–Crippen LogP) is 2.51. The van der Waals surface area contributed by atoms with Crippen molar-refractivity contribution in [2.45, 2.75) is 4.90 Å². The first kappa shape index (κ1) is 10.0. The molecule has 0 heterocycles. The van der Waals surface area contributed by atoms with Gasteiger partial charge in [-0.05, 0) is 18.2 Å². The Hall–Kier alpha value is -0.0600. The van der Waals surface area contributed by atoms with E-state index in [1.807, 2.05) is 0 Å². The van der Waals surface area contributed by atoms with Crippen LogP contribution < -0.4 is 0 Å². The van der Waals surface area contributed by atoms with Crippen molar-refractivity contribution >= 4 is 37.4 Å². The van der Waals surface area contributed by atoms with Gasteiger partial charge in [-0.1, -0.05) is 27.5 Å². The third kappa shape index (κ3) is 2.21. The number of sulfone groups is 1. The van der Waals surface area contributed by atoms with Gasteiger partial charge in [0.1, 0.15) is 0 Å². The molecule has 0 fully saturated rings. The molecule has 0 radical (unpaired) electrons. The molecule has 0 bridgehead atoms. The minimum absolute atomic E-state index is 0.151. The fourth-order valence-corrected chi connectivity index (χ4v) is 2.58. The van der Waals surface area contributed by atoms with Crippen LogP contribution in [0.2, 0.25) is 5.02 Å². The summed E-state index contributed by atoms with van der Waals surface area (Å²) < 4.78 is 22.9. The summed E-state index contributed by atoms with van der Waals surface area (Å²) in [6, 6.07) is 4.72. The molecule has 0 unspecified atom stereocenters. The van der Waals surface area contributed by atoms with Crippen molar-refractivity contribution in [2.24, 2.45) is 0 Å². The fourth-order valence-electron chi connectivity index (χ4n) is 0.761. The van der Waals surface area contributed by atoms with E-state index in [9.17, 15) is 8.42 Å². The minimum Gasteiger partial charge on any atom is -0.224 e. The van der Waals surface area contributed by atoms with E-state index in [1.54, 1.807) is 12.1 Å². The molecule has 0 aromatic heterocycles. The van der Waals surface area contributed by atoms with E-state index in [1.165, 1.54) is 6.07 Å². The van der Waals surface area contributed by atoms with Gasteiger partial charge in [-0.25, -0.2) is 8.42 Å². The fraction of sp³-hybridized carbons (Fsp3) is 0.143. The molecule has 0 saturated carbocycles. The highest BCUT2D eigenvalue weighted by Crippen LogP contribution is 2.24. The Morgan fingerprint density at radius 1 is 1.42 bits per heavy atom. The molecule has 0 aliphatic rings. The summed E-state index contributed by atoms with van der Waals surface area (Å²) in [6.07, 6.45) is 1.13.